The molecular weight excluding hydrogens is 660 g/mol. The van der Waals surface area contributed by atoms with Crippen LogP contribution in [-0.4, -0.2) is 56.7 Å². The predicted octanol–water partition coefficient (Wildman–Crippen LogP) is 5.37. The van der Waals surface area contributed by atoms with Gasteiger partial charge in [-0.2, -0.15) is 8.42 Å². The molecule has 182 valence electrons. The molecule has 0 aliphatic rings. The highest BCUT2D eigenvalue weighted by Gasteiger charge is 2.28. The number of alkyl halides is 2. The van der Waals surface area contributed by atoms with Crippen LogP contribution in [0, 0.1) is 5.92 Å². The molecule has 10 heteroatoms. The molecule has 0 N–H and O–H groups in total. The Bertz CT molecular complexity index is 883. The van der Waals surface area contributed by atoms with Gasteiger partial charge in [-0.3, -0.25) is 8.98 Å². The summed E-state index contributed by atoms with van der Waals surface area (Å²) in [5.74, 6) is -0.464. The van der Waals surface area contributed by atoms with Gasteiger partial charge in [0.25, 0.3) is 10.1 Å². The number of benzene rings is 1. The van der Waals surface area contributed by atoms with Gasteiger partial charge >= 0.3 is 6.09 Å². The molecule has 0 heterocycles. The lowest BCUT2D eigenvalue weighted by Gasteiger charge is -2.30. The smallest absolute Gasteiger partial charge is 0.410 e. The number of ketones is 1. The third-order valence-electron chi connectivity index (χ3n) is 4.54. The topological polar surface area (TPSA) is 90.0 Å². The van der Waals surface area contributed by atoms with E-state index in [4.69, 9.17) is 8.92 Å². The van der Waals surface area contributed by atoms with Crippen molar-refractivity contribution in [1.82, 2.24) is 4.90 Å². The maximum Gasteiger partial charge on any atom is 0.410 e. The van der Waals surface area contributed by atoms with Crippen LogP contribution in [0.4, 0.5) is 4.79 Å². The van der Waals surface area contributed by atoms with Crippen molar-refractivity contribution in [3.8, 4) is 0 Å². The van der Waals surface area contributed by atoms with E-state index in [1.807, 2.05) is 25.1 Å². The van der Waals surface area contributed by atoms with Crippen molar-refractivity contribution >= 4 is 67.2 Å². The van der Waals surface area contributed by atoms with Gasteiger partial charge in [0, 0.05) is 33.4 Å². The number of carbonyl (C=O) groups is 2. The largest absolute Gasteiger partial charge is 0.444 e. The highest BCUT2D eigenvalue weighted by molar-refractivity contribution is 14.1. The summed E-state index contributed by atoms with van der Waals surface area (Å²) in [5.41, 5.74) is 2.24. The van der Waals surface area contributed by atoms with Gasteiger partial charge in [0.15, 0.2) is 5.78 Å². The van der Waals surface area contributed by atoms with Gasteiger partial charge in [0.05, 0.1) is 12.9 Å². The van der Waals surface area contributed by atoms with Gasteiger partial charge in [-0.15, -0.1) is 0 Å². The standard InChI is InChI=1S/C22H33I2NO6S/c1-6-7-18(20(26)16-8-9-17(13-23)19(12-16)14-24)15-25(10-11-30-32(5,28)29)21(27)31-22(2,3)4/h8-9,12,18H,6-7,10-11,13-15H2,1-5H3. The minimum absolute atomic E-state index is 0.00223. The van der Waals surface area contributed by atoms with Crippen molar-refractivity contribution in [1.29, 1.82) is 0 Å². The number of Topliss-reactive ketones (excluding diaryl/α,β-unsaturated/α-hetero) is 1. The second-order valence-electron chi connectivity index (χ2n) is 8.55. The second-order valence-corrected chi connectivity index (χ2v) is 11.7. The molecule has 0 saturated heterocycles. The second kappa shape index (κ2) is 13.4. The first-order valence-electron chi connectivity index (χ1n) is 10.4. The Labute approximate surface area is 219 Å². The van der Waals surface area contributed by atoms with Crippen LogP contribution in [0.25, 0.3) is 0 Å². The van der Waals surface area contributed by atoms with Crippen LogP contribution >= 0.6 is 45.2 Å². The van der Waals surface area contributed by atoms with E-state index in [0.717, 1.165) is 27.1 Å². The normalized spacial score (nSPS) is 13.0. The van der Waals surface area contributed by atoms with E-state index in [-0.39, 0.29) is 25.5 Å². The van der Waals surface area contributed by atoms with Crippen molar-refractivity contribution in [2.24, 2.45) is 5.92 Å². The Morgan fingerprint density at radius 3 is 2.25 bits per heavy atom. The zero-order valence-corrected chi connectivity index (χ0v) is 24.5. The van der Waals surface area contributed by atoms with Gasteiger partial charge in [0.1, 0.15) is 5.60 Å². The van der Waals surface area contributed by atoms with Crippen molar-refractivity contribution in [2.45, 2.75) is 55.0 Å². The van der Waals surface area contributed by atoms with Gasteiger partial charge < -0.3 is 9.64 Å². The quantitative estimate of drug-likeness (QED) is 0.127. The highest BCUT2D eigenvalue weighted by Crippen LogP contribution is 2.23. The molecule has 0 spiro atoms. The van der Waals surface area contributed by atoms with Crippen molar-refractivity contribution in [3.05, 3.63) is 34.9 Å². The molecule has 0 aromatic heterocycles. The summed E-state index contributed by atoms with van der Waals surface area (Å²) in [6, 6.07) is 5.78. The van der Waals surface area contributed by atoms with Crippen LogP contribution in [0.1, 0.15) is 62.0 Å². The van der Waals surface area contributed by atoms with Crippen LogP contribution < -0.4 is 0 Å². The number of rotatable bonds is 12. The summed E-state index contributed by atoms with van der Waals surface area (Å²) in [4.78, 5) is 27.5. The van der Waals surface area contributed by atoms with E-state index in [0.29, 0.717) is 12.0 Å². The van der Waals surface area contributed by atoms with Gasteiger partial charge in [-0.1, -0.05) is 70.7 Å². The average Bonchev–Trinajstić information content (AvgIpc) is 2.69. The minimum atomic E-state index is -3.64. The first-order chi connectivity index (χ1) is 14.8. The number of hydrogen-bond acceptors (Lipinski definition) is 6. The lowest BCUT2D eigenvalue weighted by Crippen LogP contribution is -2.43. The Hall–Kier alpha value is -0.470. The first kappa shape index (κ1) is 29.6. The number of amides is 1. The predicted molar refractivity (Wildman–Crippen MR) is 143 cm³/mol. The summed E-state index contributed by atoms with van der Waals surface area (Å²) in [6.07, 6.45) is 1.72. The fourth-order valence-corrected chi connectivity index (χ4v) is 4.90. The van der Waals surface area contributed by atoms with Gasteiger partial charge in [-0.05, 0) is 44.4 Å². The Morgan fingerprint density at radius 1 is 1.12 bits per heavy atom. The molecule has 32 heavy (non-hydrogen) atoms. The monoisotopic (exact) mass is 693 g/mol. The summed E-state index contributed by atoms with van der Waals surface area (Å²) in [6.45, 7) is 7.18. The van der Waals surface area contributed by atoms with E-state index in [9.17, 15) is 18.0 Å². The molecular formula is C22H33I2NO6S. The number of hydrogen-bond donors (Lipinski definition) is 0. The molecule has 1 rings (SSSR count). The Kier molecular flexibility index (Phi) is 12.4. The maximum atomic E-state index is 13.4. The molecule has 1 atom stereocenters. The molecule has 7 nitrogen and oxygen atoms in total. The summed E-state index contributed by atoms with van der Waals surface area (Å²) < 4.78 is 34.6. The van der Waals surface area contributed by atoms with E-state index in [2.05, 4.69) is 45.2 Å². The zero-order valence-electron chi connectivity index (χ0n) is 19.3. The van der Waals surface area contributed by atoms with Crippen molar-refractivity contribution in [3.63, 3.8) is 0 Å². The van der Waals surface area contributed by atoms with Crippen molar-refractivity contribution in [2.75, 3.05) is 26.0 Å². The first-order valence-corrected chi connectivity index (χ1v) is 15.3. The molecule has 1 aromatic carbocycles. The van der Waals surface area contributed by atoms with Gasteiger partial charge in [-0.25, -0.2) is 4.79 Å². The van der Waals surface area contributed by atoms with E-state index in [1.54, 1.807) is 20.8 Å². The Balaban J connectivity index is 3.13. The zero-order chi connectivity index (χ0) is 24.5. The van der Waals surface area contributed by atoms with Crippen LogP contribution in [0.5, 0.6) is 0 Å². The fraction of sp³-hybridized carbons (Fsp3) is 0.636. The van der Waals surface area contributed by atoms with Crippen LogP contribution in [0.3, 0.4) is 0 Å². The molecule has 1 aromatic rings. The number of halogens is 2. The molecule has 0 bridgehead atoms. The minimum Gasteiger partial charge on any atom is -0.444 e. The van der Waals surface area contributed by atoms with E-state index >= 15 is 0 Å². The van der Waals surface area contributed by atoms with Gasteiger partial charge in [0.2, 0.25) is 0 Å². The average molecular weight is 693 g/mol. The van der Waals surface area contributed by atoms with Crippen LogP contribution in [0.2, 0.25) is 0 Å². The third kappa shape index (κ3) is 10.6. The molecule has 0 fully saturated rings. The SMILES string of the molecule is CCCC(CN(CCOS(C)(=O)=O)C(=O)OC(C)(C)C)C(=O)c1ccc(CI)c(CI)c1. The van der Waals surface area contributed by atoms with E-state index in [1.165, 1.54) is 10.5 Å². The summed E-state index contributed by atoms with van der Waals surface area (Å²) in [7, 11) is -3.64. The lowest BCUT2D eigenvalue weighted by atomic mass is 9.91. The molecule has 0 saturated carbocycles. The van der Waals surface area contributed by atoms with E-state index < -0.39 is 27.7 Å². The molecule has 1 amide bonds. The summed E-state index contributed by atoms with van der Waals surface area (Å²) in [5, 5.41) is 0. The van der Waals surface area contributed by atoms with Crippen molar-refractivity contribution < 1.29 is 26.9 Å². The number of nitrogens with zero attached hydrogens (tertiary/aromatic N) is 1. The third-order valence-corrected chi connectivity index (χ3v) is 6.78. The number of ether oxygens (including phenoxy) is 1. The molecule has 0 aliphatic carbocycles. The molecule has 1 unspecified atom stereocenters. The maximum absolute atomic E-state index is 13.4. The summed E-state index contributed by atoms with van der Waals surface area (Å²) >= 11 is 4.60. The number of carbonyl (C=O) groups excluding carboxylic acids is 2. The molecule has 0 radical (unpaired) electrons. The van der Waals surface area contributed by atoms with Crippen LogP contribution in [0.15, 0.2) is 18.2 Å². The highest BCUT2D eigenvalue weighted by atomic mass is 127. The molecule has 0 aliphatic heterocycles. The fourth-order valence-electron chi connectivity index (χ4n) is 3.07. The lowest BCUT2D eigenvalue weighted by molar-refractivity contribution is 0.0196. The Morgan fingerprint density at radius 2 is 1.75 bits per heavy atom. The van der Waals surface area contributed by atoms with Crippen LogP contribution in [-0.2, 0) is 27.9 Å².